The first-order chi connectivity index (χ1) is 8.67. The molecule has 1 aromatic carbocycles. The van der Waals surface area contributed by atoms with E-state index >= 15 is 0 Å². The first-order valence-electron chi connectivity index (χ1n) is 5.42. The molecule has 19 heavy (non-hydrogen) atoms. The summed E-state index contributed by atoms with van der Waals surface area (Å²) in [6.45, 7) is 0. The van der Waals surface area contributed by atoms with E-state index in [2.05, 4.69) is 20.7 Å². The smallest absolute Gasteiger partial charge is 0.262 e. The van der Waals surface area contributed by atoms with E-state index in [1.807, 2.05) is 0 Å². The quantitative estimate of drug-likeness (QED) is 0.786. The topological polar surface area (TPSA) is 80.3 Å². The van der Waals surface area contributed by atoms with Crippen molar-refractivity contribution in [1.29, 1.82) is 0 Å². The molecule has 0 aromatic heterocycles. The third kappa shape index (κ3) is 4.34. The molecule has 1 aliphatic rings. The molecule has 9 heteroatoms. The molecule has 0 bridgehead atoms. The lowest BCUT2D eigenvalue weighted by molar-refractivity contribution is 0.597. The zero-order valence-electron chi connectivity index (χ0n) is 9.64. The Morgan fingerprint density at radius 2 is 1.89 bits per heavy atom. The maximum absolute atomic E-state index is 11.8. The summed E-state index contributed by atoms with van der Waals surface area (Å²) in [5.41, 5.74) is 0.302. The highest BCUT2D eigenvalue weighted by Crippen LogP contribution is 2.32. The molecule has 0 atom stereocenters. The van der Waals surface area contributed by atoms with Crippen LogP contribution in [0.25, 0.3) is 0 Å². The van der Waals surface area contributed by atoms with Gasteiger partial charge in [-0.25, -0.2) is 16.8 Å². The first-order valence-corrected chi connectivity index (χ1v) is 10.2. The van der Waals surface area contributed by atoms with Crippen LogP contribution in [0.15, 0.2) is 27.6 Å². The summed E-state index contributed by atoms with van der Waals surface area (Å²) in [5, 5.41) is 0. The predicted octanol–water partition coefficient (Wildman–Crippen LogP) is 2.53. The molecule has 2 rings (SSSR count). The lowest BCUT2D eigenvalue weighted by Gasteiger charge is -2.09. The van der Waals surface area contributed by atoms with Crippen LogP contribution >= 0.6 is 26.6 Å². The Bertz CT molecular complexity index is 698. The number of hydrogen-bond acceptors (Lipinski definition) is 4. The molecular formula is C10H11BrClNO4S2. The Morgan fingerprint density at radius 1 is 1.26 bits per heavy atom. The van der Waals surface area contributed by atoms with E-state index in [1.54, 1.807) is 0 Å². The second kappa shape index (κ2) is 5.23. The van der Waals surface area contributed by atoms with E-state index in [4.69, 9.17) is 10.7 Å². The van der Waals surface area contributed by atoms with Crippen molar-refractivity contribution in [3.8, 4) is 0 Å². The van der Waals surface area contributed by atoms with E-state index in [-0.39, 0.29) is 21.0 Å². The fraction of sp³-hybridized carbons (Fsp3) is 0.400. The van der Waals surface area contributed by atoms with Gasteiger partial charge < -0.3 is 0 Å². The number of rotatable bonds is 5. The average molecular weight is 389 g/mol. The molecule has 5 nitrogen and oxygen atoms in total. The van der Waals surface area contributed by atoms with E-state index in [9.17, 15) is 16.8 Å². The van der Waals surface area contributed by atoms with Crippen LogP contribution in [0.3, 0.4) is 0 Å². The van der Waals surface area contributed by atoms with Crippen LogP contribution in [-0.2, 0) is 19.1 Å². The summed E-state index contributed by atoms with van der Waals surface area (Å²) in [5.74, 6) is 0.337. The zero-order chi connectivity index (χ0) is 14.3. The lowest BCUT2D eigenvalue weighted by Crippen LogP contribution is -2.17. The van der Waals surface area contributed by atoms with Gasteiger partial charge in [0, 0.05) is 20.8 Å². The number of nitrogens with one attached hydrogen (secondary N) is 1. The van der Waals surface area contributed by atoms with Crippen LogP contribution in [0.4, 0.5) is 5.69 Å². The van der Waals surface area contributed by atoms with E-state index in [0.717, 1.165) is 12.8 Å². The molecule has 0 heterocycles. The summed E-state index contributed by atoms with van der Waals surface area (Å²) in [7, 11) is -2.01. The second-order valence-corrected chi connectivity index (χ2v) is 9.57. The van der Waals surface area contributed by atoms with Gasteiger partial charge in [-0.15, -0.1) is 0 Å². The molecule has 1 aromatic rings. The largest absolute Gasteiger partial charge is 0.284 e. The summed E-state index contributed by atoms with van der Waals surface area (Å²) in [4.78, 5) is -0.0979. The van der Waals surface area contributed by atoms with Gasteiger partial charge in [-0.3, -0.25) is 4.72 Å². The van der Waals surface area contributed by atoms with E-state index in [0.29, 0.717) is 5.69 Å². The molecule has 0 saturated heterocycles. The van der Waals surface area contributed by atoms with Crippen molar-refractivity contribution in [2.24, 2.45) is 5.92 Å². The van der Waals surface area contributed by atoms with Crippen molar-refractivity contribution >= 4 is 51.4 Å². The normalized spacial score (nSPS) is 16.3. The van der Waals surface area contributed by atoms with Gasteiger partial charge in [0.25, 0.3) is 9.05 Å². The number of anilines is 1. The maximum Gasteiger partial charge on any atom is 0.262 e. The summed E-state index contributed by atoms with van der Waals surface area (Å²) < 4.78 is 48.6. The highest BCUT2D eigenvalue weighted by atomic mass is 79.9. The van der Waals surface area contributed by atoms with Crippen molar-refractivity contribution in [3.63, 3.8) is 0 Å². The molecule has 0 spiro atoms. The average Bonchev–Trinajstić information content (AvgIpc) is 2.97. The Hall–Kier alpha value is -0.310. The first kappa shape index (κ1) is 15.1. The highest BCUT2D eigenvalue weighted by Gasteiger charge is 2.28. The van der Waals surface area contributed by atoms with Gasteiger partial charge in [0.1, 0.15) is 0 Å². The fourth-order valence-corrected chi connectivity index (χ4v) is 5.33. The summed E-state index contributed by atoms with van der Waals surface area (Å²) in [6, 6.07) is 3.99. The molecule has 106 valence electrons. The molecule has 1 aliphatic carbocycles. The highest BCUT2D eigenvalue weighted by molar-refractivity contribution is 9.10. The van der Waals surface area contributed by atoms with Gasteiger partial charge in [-0.1, -0.05) is 0 Å². The Kier molecular flexibility index (Phi) is 4.15. The molecule has 0 aliphatic heterocycles. The molecule has 1 N–H and O–H groups in total. The number of sulfonamides is 1. The molecule has 0 radical (unpaired) electrons. The van der Waals surface area contributed by atoms with Crippen LogP contribution in [0.5, 0.6) is 0 Å². The van der Waals surface area contributed by atoms with Gasteiger partial charge in [-0.05, 0) is 52.9 Å². The second-order valence-electron chi connectivity index (χ2n) is 4.41. The minimum absolute atomic E-state index is 0.0974. The molecule has 0 unspecified atom stereocenters. The predicted molar refractivity (Wildman–Crippen MR) is 77.3 cm³/mol. The Labute approximate surface area is 124 Å². The van der Waals surface area contributed by atoms with Crippen LogP contribution < -0.4 is 4.72 Å². The van der Waals surface area contributed by atoms with Gasteiger partial charge in [0.05, 0.1) is 10.6 Å². The van der Waals surface area contributed by atoms with Gasteiger partial charge in [0.2, 0.25) is 10.0 Å². The standard InChI is InChI=1S/C10H11BrClNO4S2/c11-9-5-8(3-4-10(9)19(12,16)17)13-18(14,15)6-7-1-2-7/h3-5,7,13H,1-2,6H2. The van der Waals surface area contributed by atoms with Gasteiger partial charge in [-0.2, -0.15) is 0 Å². The maximum atomic E-state index is 11.8. The minimum atomic E-state index is -3.85. The lowest BCUT2D eigenvalue weighted by atomic mass is 10.3. The fourth-order valence-electron chi connectivity index (χ4n) is 1.58. The van der Waals surface area contributed by atoms with E-state index < -0.39 is 19.1 Å². The molecule has 1 saturated carbocycles. The van der Waals surface area contributed by atoms with Gasteiger partial charge >= 0.3 is 0 Å². The molecule has 0 amide bonds. The van der Waals surface area contributed by atoms with Crippen molar-refractivity contribution in [2.75, 3.05) is 10.5 Å². The minimum Gasteiger partial charge on any atom is -0.284 e. The van der Waals surface area contributed by atoms with Crippen LogP contribution in [0.1, 0.15) is 12.8 Å². The third-order valence-electron chi connectivity index (χ3n) is 2.62. The number of benzene rings is 1. The van der Waals surface area contributed by atoms with Crippen LogP contribution in [0, 0.1) is 5.92 Å². The van der Waals surface area contributed by atoms with Crippen molar-refractivity contribution in [3.05, 3.63) is 22.7 Å². The Morgan fingerprint density at radius 3 is 2.37 bits per heavy atom. The van der Waals surface area contributed by atoms with Gasteiger partial charge in [0.15, 0.2) is 0 Å². The van der Waals surface area contributed by atoms with Crippen LogP contribution in [0.2, 0.25) is 0 Å². The SMILES string of the molecule is O=S(=O)(CC1CC1)Nc1ccc(S(=O)(=O)Cl)c(Br)c1. The van der Waals surface area contributed by atoms with Crippen molar-refractivity contribution in [2.45, 2.75) is 17.7 Å². The zero-order valence-corrected chi connectivity index (χ0v) is 13.6. The number of hydrogen-bond donors (Lipinski definition) is 1. The summed E-state index contributed by atoms with van der Waals surface area (Å²) >= 11 is 3.06. The van der Waals surface area contributed by atoms with Crippen molar-refractivity contribution < 1.29 is 16.8 Å². The number of halogens is 2. The molecule has 1 fully saturated rings. The summed E-state index contributed by atoms with van der Waals surface area (Å²) in [6.07, 6.45) is 1.88. The van der Waals surface area contributed by atoms with E-state index in [1.165, 1.54) is 18.2 Å². The Balaban J connectivity index is 2.20. The molecular weight excluding hydrogens is 378 g/mol. The van der Waals surface area contributed by atoms with Crippen molar-refractivity contribution in [1.82, 2.24) is 0 Å². The van der Waals surface area contributed by atoms with Crippen LogP contribution in [-0.4, -0.2) is 22.6 Å². The third-order valence-corrected chi connectivity index (χ3v) is 6.38. The monoisotopic (exact) mass is 387 g/mol.